The second kappa shape index (κ2) is 11.6. The lowest BCUT2D eigenvalue weighted by Gasteiger charge is -2.38. The zero-order valence-corrected chi connectivity index (χ0v) is 22.9. The maximum absolute atomic E-state index is 13.6. The van der Waals surface area contributed by atoms with Gasteiger partial charge in [0.15, 0.2) is 0 Å². The molecule has 2 saturated heterocycles. The van der Waals surface area contributed by atoms with Crippen molar-refractivity contribution < 1.29 is 9.90 Å². The Bertz CT molecular complexity index is 1320. The Morgan fingerprint density at radius 1 is 1.19 bits per heavy atom. The molecule has 1 atom stereocenters. The summed E-state index contributed by atoms with van der Waals surface area (Å²) in [5.74, 6) is 0.534. The first kappa shape index (κ1) is 27.1. The lowest BCUT2D eigenvalue weighted by molar-refractivity contribution is -0.123. The molecule has 1 amide bonds. The number of carbonyl (C=O) groups is 1. The van der Waals surface area contributed by atoms with Gasteiger partial charge in [-0.3, -0.25) is 24.0 Å². The van der Waals surface area contributed by atoms with Crippen LogP contribution in [-0.2, 0) is 11.3 Å². The first-order chi connectivity index (χ1) is 17.8. The standard InChI is InChI=1S/C27H31N5O3S2/c1-4-31-24(30-12-10-29(11-13-30)14-15-33)21(18(2)22(17-28)25(31)34)16-23-26(35)32(27(36)37-23)19(3)20-8-6-5-7-9-20/h5-9,16,19,33H,4,10-15H2,1-3H3/b23-16-. The van der Waals surface area contributed by atoms with E-state index in [-0.39, 0.29) is 29.7 Å². The number of hydrogen-bond acceptors (Lipinski definition) is 8. The van der Waals surface area contributed by atoms with E-state index in [0.717, 1.165) is 18.7 Å². The number of benzene rings is 1. The van der Waals surface area contributed by atoms with Crippen molar-refractivity contribution in [2.24, 2.45) is 0 Å². The van der Waals surface area contributed by atoms with Gasteiger partial charge in [-0.05, 0) is 38.0 Å². The lowest BCUT2D eigenvalue weighted by atomic mass is 10.0. The maximum atomic E-state index is 13.6. The fraction of sp³-hybridized carbons (Fsp3) is 0.407. The number of rotatable bonds is 7. The zero-order valence-electron chi connectivity index (χ0n) is 21.3. The number of thiocarbonyl (C=S) groups is 1. The highest BCUT2D eigenvalue weighted by molar-refractivity contribution is 8.26. The van der Waals surface area contributed by atoms with Gasteiger partial charge < -0.3 is 10.0 Å². The van der Waals surface area contributed by atoms with Crippen molar-refractivity contribution in [3.05, 3.63) is 67.8 Å². The van der Waals surface area contributed by atoms with Crippen LogP contribution in [0.1, 0.15) is 42.1 Å². The summed E-state index contributed by atoms with van der Waals surface area (Å²) in [5, 5.41) is 19.1. The van der Waals surface area contributed by atoms with E-state index < -0.39 is 0 Å². The molecule has 4 rings (SSSR count). The van der Waals surface area contributed by atoms with Crippen LogP contribution in [0.3, 0.4) is 0 Å². The Morgan fingerprint density at radius 2 is 1.86 bits per heavy atom. The second-order valence-electron chi connectivity index (χ2n) is 9.09. The normalized spacial score (nSPS) is 18.5. The summed E-state index contributed by atoms with van der Waals surface area (Å²) in [5.41, 5.74) is 2.01. The zero-order chi connectivity index (χ0) is 26.7. The number of anilines is 1. The molecule has 2 aromatic rings. The maximum Gasteiger partial charge on any atom is 0.270 e. The Morgan fingerprint density at radius 3 is 2.46 bits per heavy atom. The summed E-state index contributed by atoms with van der Waals surface area (Å²) in [6, 6.07) is 11.6. The first-order valence-electron chi connectivity index (χ1n) is 12.4. The number of carbonyl (C=O) groups excluding carboxylic acids is 1. The van der Waals surface area contributed by atoms with Crippen molar-refractivity contribution in [1.29, 1.82) is 5.26 Å². The largest absolute Gasteiger partial charge is 0.395 e. The van der Waals surface area contributed by atoms with Crippen molar-refractivity contribution in [3.8, 4) is 6.07 Å². The average molecular weight is 538 g/mol. The van der Waals surface area contributed by atoms with Gasteiger partial charge in [-0.15, -0.1) is 0 Å². The van der Waals surface area contributed by atoms with Gasteiger partial charge in [0, 0.05) is 44.8 Å². The van der Waals surface area contributed by atoms with Gasteiger partial charge in [-0.2, -0.15) is 5.26 Å². The molecular formula is C27H31N5O3S2. The molecule has 0 radical (unpaired) electrons. The van der Waals surface area contributed by atoms with Crippen LogP contribution in [0.2, 0.25) is 0 Å². The van der Waals surface area contributed by atoms with Crippen molar-refractivity contribution in [2.45, 2.75) is 33.4 Å². The average Bonchev–Trinajstić information content (AvgIpc) is 3.18. The van der Waals surface area contributed by atoms with E-state index in [9.17, 15) is 20.0 Å². The highest BCUT2D eigenvalue weighted by Gasteiger charge is 2.37. The summed E-state index contributed by atoms with van der Waals surface area (Å²) >= 11 is 6.86. The van der Waals surface area contributed by atoms with E-state index in [1.54, 1.807) is 22.5 Å². The number of aliphatic hydroxyl groups is 1. The van der Waals surface area contributed by atoms with Crippen LogP contribution in [-0.4, -0.2) is 69.0 Å². The molecule has 0 aliphatic carbocycles. The van der Waals surface area contributed by atoms with Crippen molar-refractivity contribution in [3.63, 3.8) is 0 Å². The van der Waals surface area contributed by atoms with E-state index in [4.69, 9.17) is 12.2 Å². The number of pyridine rings is 1. The molecule has 1 aromatic carbocycles. The minimum absolute atomic E-state index is 0.0869. The van der Waals surface area contributed by atoms with Gasteiger partial charge in [0.1, 0.15) is 21.8 Å². The lowest BCUT2D eigenvalue weighted by Crippen LogP contribution is -2.49. The molecule has 2 fully saturated rings. The summed E-state index contributed by atoms with van der Waals surface area (Å²) in [6.07, 6.45) is 1.80. The molecule has 194 valence electrons. The molecular weight excluding hydrogens is 506 g/mol. The first-order valence-corrected chi connectivity index (χ1v) is 13.6. The van der Waals surface area contributed by atoms with Crippen LogP contribution in [0.25, 0.3) is 6.08 Å². The molecule has 10 heteroatoms. The van der Waals surface area contributed by atoms with Crippen molar-refractivity contribution >= 4 is 46.1 Å². The molecule has 1 N–H and O–H groups in total. The number of hydrogen-bond donors (Lipinski definition) is 1. The molecule has 3 heterocycles. The number of β-amino-alcohol motifs (C(OH)–C–C–N with tert-alkyl or cyclic N) is 1. The van der Waals surface area contributed by atoms with E-state index in [1.807, 2.05) is 44.2 Å². The highest BCUT2D eigenvalue weighted by atomic mass is 32.2. The van der Waals surface area contributed by atoms with Gasteiger partial charge in [0.2, 0.25) is 0 Å². The van der Waals surface area contributed by atoms with Crippen molar-refractivity contribution in [1.82, 2.24) is 14.4 Å². The SMILES string of the molecule is CCn1c(N2CCN(CCO)CC2)c(/C=C2\SC(=S)N(C(C)c3ccccc3)C2=O)c(C)c(C#N)c1=O. The van der Waals surface area contributed by atoms with E-state index in [2.05, 4.69) is 15.9 Å². The van der Waals surface area contributed by atoms with E-state index in [0.29, 0.717) is 52.3 Å². The smallest absolute Gasteiger partial charge is 0.270 e. The van der Waals surface area contributed by atoms with Gasteiger partial charge in [-0.1, -0.05) is 54.3 Å². The third-order valence-corrected chi connectivity index (χ3v) is 8.35. The van der Waals surface area contributed by atoms with Gasteiger partial charge >= 0.3 is 0 Å². The molecule has 0 bridgehead atoms. The van der Waals surface area contributed by atoms with Gasteiger partial charge in [0.05, 0.1) is 17.6 Å². The predicted octanol–water partition coefficient (Wildman–Crippen LogP) is 3.13. The Labute approximate surface area is 226 Å². The molecule has 2 aliphatic rings. The molecule has 0 saturated carbocycles. The number of nitriles is 1. The number of aliphatic hydroxyl groups excluding tert-OH is 1. The number of amides is 1. The number of aromatic nitrogens is 1. The predicted molar refractivity (Wildman–Crippen MR) is 151 cm³/mol. The van der Waals surface area contributed by atoms with E-state index >= 15 is 0 Å². The van der Waals surface area contributed by atoms with Crippen LogP contribution >= 0.6 is 24.0 Å². The van der Waals surface area contributed by atoms with Crippen molar-refractivity contribution in [2.75, 3.05) is 44.2 Å². The monoisotopic (exact) mass is 537 g/mol. The van der Waals surface area contributed by atoms with Crippen LogP contribution in [0, 0.1) is 18.3 Å². The van der Waals surface area contributed by atoms with Crippen LogP contribution in [0.15, 0.2) is 40.0 Å². The Hall–Kier alpha value is -2.97. The summed E-state index contributed by atoms with van der Waals surface area (Å²) < 4.78 is 2.11. The number of nitrogens with zero attached hydrogens (tertiary/aromatic N) is 5. The van der Waals surface area contributed by atoms with E-state index in [1.165, 1.54) is 11.8 Å². The highest BCUT2D eigenvalue weighted by Crippen LogP contribution is 2.39. The Kier molecular flexibility index (Phi) is 8.49. The molecule has 2 aliphatic heterocycles. The summed E-state index contributed by atoms with van der Waals surface area (Å²) in [7, 11) is 0. The Balaban J connectivity index is 1.79. The third-order valence-electron chi connectivity index (χ3n) is 7.02. The molecule has 0 spiro atoms. The molecule has 8 nitrogen and oxygen atoms in total. The van der Waals surface area contributed by atoms with Crippen LogP contribution in [0.4, 0.5) is 5.82 Å². The number of thioether (sulfide) groups is 1. The fourth-order valence-corrected chi connectivity index (χ4v) is 6.33. The number of piperazine rings is 1. The molecule has 1 aromatic heterocycles. The minimum atomic E-state index is -0.322. The second-order valence-corrected chi connectivity index (χ2v) is 10.8. The fourth-order valence-electron chi connectivity index (χ4n) is 4.93. The van der Waals surface area contributed by atoms with Gasteiger partial charge in [-0.25, -0.2) is 0 Å². The third kappa shape index (κ3) is 5.22. The quantitative estimate of drug-likeness (QED) is 0.426. The summed E-state index contributed by atoms with van der Waals surface area (Å²) in [6.45, 7) is 9.53. The molecule has 37 heavy (non-hydrogen) atoms. The minimum Gasteiger partial charge on any atom is -0.395 e. The van der Waals surface area contributed by atoms with Gasteiger partial charge in [0.25, 0.3) is 11.5 Å². The summed E-state index contributed by atoms with van der Waals surface area (Å²) in [4.78, 5) is 33.3. The molecule has 1 unspecified atom stereocenters. The topological polar surface area (TPSA) is 92.8 Å². The van der Waals surface area contributed by atoms with Crippen LogP contribution in [0.5, 0.6) is 0 Å². The van der Waals surface area contributed by atoms with Crippen LogP contribution < -0.4 is 10.5 Å².